The van der Waals surface area contributed by atoms with Crippen LogP contribution >= 0.6 is 0 Å². The third-order valence-electron chi connectivity index (χ3n) is 6.67. The van der Waals surface area contributed by atoms with Gasteiger partial charge in [0.05, 0.1) is 24.8 Å². The second-order valence-corrected chi connectivity index (χ2v) is 9.41. The zero-order valence-electron chi connectivity index (χ0n) is 21.4. The summed E-state index contributed by atoms with van der Waals surface area (Å²) in [5.74, 6) is -0.213. The molecule has 0 radical (unpaired) electrons. The summed E-state index contributed by atoms with van der Waals surface area (Å²) in [4.78, 5) is 30.2. The molecular weight excluding hydrogens is 519 g/mol. The number of rotatable bonds is 9. The molecule has 0 aliphatic carbocycles. The predicted octanol–water partition coefficient (Wildman–Crippen LogP) is 5.00. The first-order valence-electron chi connectivity index (χ1n) is 12.7. The van der Waals surface area contributed by atoms with E-state index in [1.807, 2.05) is 60.7 Å². The van der Waals surface area contributed by atoms with Crippen molar-refractivity contribution in [3.8, 4) is 0 Å². The highest BCUT2D eigenvalue weighted by atomic mass is 19.4. The van der Waals surface area contributed by atoms with Crippen molar-refractivity contribution in [3.63, 3.8) is 0 Å². The van der Waals surface area contributed by atoms with Gasteiger partial charge in [-0.05, 0) is 28.8 Å². The molecule has 1 N–H and O–H groups in total. The number of nitrogens with one attached hydrogen (secondary N) is 1. The van der Waals surface area contributed by atoms with Crippen LogP contribution in [0, 0.1) is 0 Å². The zero-order chi connectivity index (χ0) is 28.1. The van der Waals surface area contributed by atoms with Crippen LogP contribution in [0.2, 0.25) is 0 Å². The van der Waals surface area contributed by atoms with Gasteiger partial charge < -0.3 is 5.32 Å². The molecule has 0 saturated carbocycles. The lowest BCUT2D eigenvalue weighted by molar-refractivity contribution is -0.137. The molecule has 1 amide bonds. The predicted molar refractivity (Wildman–Crippen MR) is 145 cm³/mol. The molecule has 0 saturated heterocycles. The van der Waals surface area contributed by atoms with E-state index in [2.05, 4.69) is 15.4 Å². The van der Waals surface area contributed by atoms with Gasteiger partial charge in [0.25, 0.3) is 5.56 Å². The van der Waals surface area contributed by atoms with Crippen LogP contribution in [0.3, 0.4) is 0 Å². The summed E-state index contributed by atoms with van der Waals surface area (Å²) in [5, 5.41) is 7.42. The first kappa shape index (κ1) is 26.9. The topological polar surface area (TPSA) is 81.8 Å². The highest BCUT2D eigenvalue weighted by Crippen LogP contribution is 2.30. The smallest absolute Gasteiger partial charge is 0.354 e. The fourth-order valence-electron chi connectivity index (χ4n) is 4.67. The molecule has 204 valence electrons. The molecule has 0 atom stereocenters. The maximum atomic E-state index is 13.0. The van der Waals surface area contributed by atoms with Gasteiger partial charge in [-0.25, -0.2) is 9.67 Å². The van der Waals surface area contributed by atoms with E-state index in [0.717, 1.165) is 23.3 Å². The molecule has 7 nitrogen and oxygen atoms in total. The van der Waals surface area contributed by atoms with Crippen molar-refractivity contribution in [1.29, 1.82) is 0 Å². The average Bonchev–Trinajstić information content (AvgIpc) is 3.37. The van der Waals surface area contributed by atoms with Gasteiger partial charge in [-0.1, -0.05) is 72.8 Å². The lowest BCUT2D eigenvalue weighted by Gasteiger charge is -2.18. The second-order valence-electron chi connectivity index (χ2n) is 9.41. The molecule has 2 aromatic heterocycles. The number of fused-ring (bicyclic) bond motifs is 1. The van der Waals surface area contributed by atoms with Crippen molar-refractivity contribution in [2.45, 2.75) is 31.6 Å². The third-order valence-corrected chi connectivity index (χ3v) is 6.67. The Balaban J connectivity index is 1.24. The van der Waals surface area contributed by atoms with Crippen LogP contribution < -0.4 is 10.9 Å². The fraction of sp³-hybridized carbons (Fsp3) is 0.200. The number of amides is 1. The van der Waals surface area contributed by atoms with E-state index in [1.165, 1.54) is 33.9 Å². The van der Waals surface area contributed by atoms with Gasteiger partial charge >= 0.3 is 6.18 Å². The highest BCUT2D eigenvalue weighted by molar-refractivity contribution is 5.77. The van der Waals surface area contributed by atoms with Gasteiger partial charge in [-0.15, -0.1) is 0 Å². The normalized spacial score (nSPS) is 11.7. The van der Waals surface area contributed by atoms with Crippen molar-refractivity contribution >= 4 is 16.9 Å². The van der Waals surface area contributed by atoms with Gasteiger partial charge in [-0.3, -0.25) is 14.2 Å². The average molecular weight is 546 g/mol. The van der Waals surface area contributed by atoms with Gasteiger partial charge in [-0.2, -0.15) is 18.3 Å². The molecule has 0 aliphatic rings. The summed E-state index contributed by atoms with van der Waals surface area (Å²) < 4.78 is 41.9. The molecule has 5 rings (SSSR count). The Labute approximate surface area is 227 Å². The maximum absolute atomic E-state index is 13.0. The van der Waals surface area contributed by atoms with Crippen LogP contribution in [0.15, 0.2) is 102 Å². The second kappa shape index (κ2) is 11.6. The van der Waals surface area contributed by atoms with Gasteiger partial charge in [0.15, 0.2) is 5.65 Å². The highest BCUT2D eigenvalue weighted by Gasteiger charge is 2.30. The Hall–Kier alpha value is -4.73. The van der Waals surface area contributed by atoms with Crippen molar-refractivity contribution in [2.75, 3.05) is 6.54 Å². The summed E-state index contributed by atoms with van der Waals surface area (Å²) in [7, 11) is 0. The van der Waals surface area contributed by atoms with Gasteiger partial charge in [0.2, 0.25) is 5.91 Å². The van der Waals surface area contributed by atoms with Gasteiger partial charge in [0, 0.05) is 18.9 Å². The van der Waals surface area contributed by atoms with E-state index in [0.29, 0.717) is 17.8 Å². The number of hydrogen-bond acceptors (Lipinski definition) is 4. The Bertz CT molecular complexity index is 1620. The lowest BCUT2D eigenvalue weighted by Crippen LogP contribution is -2.29. The first-order chi connectivity index (χ1) is 19.3. The van der Waals surface area contributed by atoms with Crippen LogP contribution in [0.1, 0.15) is 34.6 Å². The van der Waals surface area contributed by atoms with Crippen LogP contribution in [0.5, 0.6) is 0 Å². The number of nitrogens with zero attached hydrogens (tertiary/aromatic N) is 4. The summed E-state index contributed by atoms with van der Waals surface area (Å²) in [6, 6.07) is 24.5. The molecule has 0 unspecified atom stereocenters. The number of benzene rings is 3. The number of aromatic nitrogens is 4. The third kappa shape index (κ3) is 6.12. The van der Waals surface area contributed by atoms with E-state index < -0.39 is 17.3 Å². The summed E-state index contributed by atoms with van der Waals surface area (Å²) in [5.41, 5.74) is 1.58. The molecule has 3 aromatic carbocycles. The molecule has 40 heavy (non-hydrogen) atoms. The van der Waals surface area contributed by atoms with E-state index in [1.54, 1.807) is 0 Å². The number of alkyl halides is 3. The number of carbonyl (C=O) groups is 1. The Morgan fingerprint density at radius 2 is 1.60 bits per heavy atom. The van der Waals surface area contributed by atoms with Crippen LogP contribution in [-0.4, -0.2) is 31.8 Å². The molecule has 0 aliphatic heterocycles. The Morgan fingerprint density at radius 1 is 0.925 bits per heavy atom. The first-order valence-corrected chi connectivity index (χ1v) is 12.7. The van der Waals surface area contributed by atoms with Crippen LogP contribution in [-0.2, 0) is 24.1 Å². The standard InChI is InChI=1S/C30H26F3N5O2/c31-30(32,33)24-13-7-8-21(16-24)19-37-20-35-28-26(29(37)40)18-36-38(28)15-14-34-27(39)17-25(22-9-3-1-4-10-22)23-11-5-2-6-12-23/h1-13,16,18,20,25H,14-15,17,19H2,(H,34,39). The molecule has 0 bridgehead atoms. The minimum atomic E-state index is -4.47. The number of carbonyl (C=O) groups excluding carboxylic acids is 1. The minimum absolute atomic E-state index is 0.0586. The summed E-state index contributed by atoms with van der Waals surface area (Å²) in [6.07, 6.45) is -1.52. The monoisotopic (exact) mass is 545 g/mol. The molecular formula is C30H26F3N5O2. The van der Waals surface area contributed by atoms with Gasteiger partial charge in [0.1, 0.15) is 11.7 Å². The minimum Gasteiger partial charge on any atom is -0.354 e. The van der Waals surface area contributed by atoms with Crippen LogP contribution in [0.4, 0.5) is 13.2 Å². The molecule has 0 fully saturated rings. The quantitative estimate of drug-likeness (QED) is 0.283. The molecule has 5 aromatic rings. The number of halogens is 3. The molecule has 2 heterocycles. The maximum Gasteiger partial charge on any atom is 0.416 e. The molecule has 0 spiro atoms. The SMILES string of the molecule is O=C(CC(c1ccccc1)c1ccccc1)NCCn1ncc2c(=O)n(Cc3cccc(C(F)(F)F)c3)cnc21. The van der Waals surface area contributed by atoms with E-state index in [-0.39, 0.29) is 36.7 Å². The fourth-order valence-corrected chi connectivity index (χ4v) is 4.67. The largest absolute Gasteiger partial charge is 0.416 e. The van der Waals surface area contributed by atoms with E-state index in [9.17, 15) is 22.8 Å². The van der Waals surface area contributed by atoms with E-state index in [4.69, 9.17) is 0 Å². The number of hydrogen-bond donors (Lipinski definition) is 1. The van der Waals surface area contributed by atoms with Crippen molar-refractivity contribution in [1.82, 2.24) is 24.6 Å². The summed E-state index contributed by atoms with van der Waals surface area (Å²) in [6.45, 7) is 0.512. The lowest BCUT2D eigenvalue weighted by atomic mass is 9.88. The zero-order valence-corrected chi connectivity index (χ0v) is 21.4. The van der Waals surface area contributed by atoms with Crippen molar-refractivity contribution < 1.29 is 18.0 Å². The Kier molecular flexibility index (Phi) is 7.77. The molecule has 10 heteroatoms. The van der Waals surface area contributed by atoms with E-state index >= 15 is 0 Å². The summed E-state index contributed by atoms with van der Waals surface area (Å²) >= 11 is 0. The van der Waals surface area contributed by atoms with Crippen molar-refractivity contribution in [3.05, 3.63) is 130 Å². The van der Waals surface area contributed by atoms with Crippen molar-refractivity contribution in [2.24, 2.45) is 0 Å². The van der Waals surface area contributed by atoms with Crippen LogP contribution in [0.25, 0.3) is 11.0 Å². The Morgan fingerprint density at radius 3 is 2.25 bits per heavy atom.